The predicted octanol–water partition coefficient (Wildman–Crippen LogP) is 6.54. The van der Waals surface area contributed by atoms with Crippen molar-refractivity contribution >= 4 is 13.7 Å². The molecule has 1 amide bonds. The van der Waals surface area contributed by atoms with Gasteiger partial charge in [0.15, 0.2) is 0 Å². The number of hydrogen-bond acceptors (Lipinski definition) is 6. The molecule has 8 nitrogen and oxygen atoms in total. The number of carbonyl (C=O) groups is 1. The Hall–Kier alpha value is -0.760. The minimum absolute atomic E-state index is 0.0801. The fraction of sp³-hybridized carbons (Fsp3) is 0.893. The minimum Gasteiger partial charge on any atom is -0.387 e. The smallest absolute Gasteiger partial charge is 0.387 e. The molecule has 0 aliphatic heterocycles. The van der Waals surface area contributed by atoms with Crippen molar-refractivity contribution in [1.82, 2.24) is 5.32 Å². The Bertz CT molecular complexity index is 605. The molecule has 0 aromatic heterocycles. The molecule has 1 unspecified atom stereocenters. The summed E-state index contributed by atoms with van der Waals surface area (Å²) >= 11 is 0. The Morgan fingerprint density at radius 2 is 1.38 bits per heavy atom. The molecule has 0 fully saturated rings. The van der Waals surface area contributed by atoms with E-state index in [1.807, 2.05) is 6.08 Å². The fourth-order valence-electron chi connectivity index (χ4n) is 4.07. The van der Waals surface area contributed by atoms with Gasteiger partial charge in [-0.15, -0.1) is 0 Å². The lowest BCUT2D eigenvalue weighted by atomic mass is 10.1. The molecule has 220 valence electrons. The second-order valence-corrected chi connectivity index (χ2v) is 11.4. The first-order valence-electron chi connectivity index (χ1n) is 14.8. The van der Waals surface area contributed by atoms with E-state index in [1.165, 1.54) is 70.6 Å². The quantitative estimate of drug-likeness (QED) is 0.0520. The van der Waals surface area contributed by atoms with Gasteiger partial charge < -0.3 is 21.1 Å². The third-order valence-corrected chi connectivity index (χ3v) is 7.35. The van der Waals surface area contributed by atoms with Crippen molar-refractivity contribution in [3.05, 3.63) is 12.2 Å². The zero-order valence-corrected chi connectivity index (χ0v) is 24.6. The van der Waals surface area contributed by atoms with Crippen LogP contribution < -0.4 is 11.1 Å². The van der Waals surface area contributed by atoms with Crippen LogP contribution in [-0.2, 0) is 18.4 Å². The number of aliphatic hydroxyl groups excluding tert-OH is 1. The summed E-state index contributed by atoms with van der Waals surface area (Å²) in [6.07, 6.45) is 22.7. The monoisotopic (exact) mass is 548 g/mol. The molecule has 0 aromatic rings. The van der Waals surface area contributed by atoms with E-state index >= 15 is 0 Å². The lowest BCUT2D eigenvalue weighted by Crippen LogP contribution is -2.45. The number of amides is 1. The standard InChI is InChI=1S/C28H57N2O6P/c1-3-5-7-9-11-12-13-14-16-17-19-21-27(31)26(25-36-37(33,34)35-24-23-29)30-28(32)22-20-18-15-10-8-6-4-2/h19,21,26-27,31H,3-18,20,22-25,29H2,1-2H3,(H,30,32)(H,33,34)/b21-19+/t26-,27+/m0/s1. The summed E-state index contributed by atoms with van der Waals surface area (Å²) in [5.74, 6) is -0.204. The summed E-state index contributed by atoms with van der Waals surface area (Å²) in [6.45, 7) is 4.03. The van der Waals surface area contributed by atoms with Gasteiger partial charge in [-0.05, 0) is 19.3 Å². The van der Waals surface area contributed by atoms with Gasteiger partial charge in [-0.1, -0.05) is 116 Å². The molecule has 3 atom stereocenters. The third-order valence-electron chi connectivity index (χ3n) is 6.36. The van der Waals surface area contributed by atoms with Gasteiger partial charge in [0, 0.05) is 13.0 Å². The molecular weight excluding hydrogens is 491 g/mol. The summed E-state index contributed by atoms with van der Waals surface area (Å²) in [6, 6.07) is -0.849. The van der Waals surface area contributed by atoms with Gasteiger partial charge in [0.1, 0.15) is 0 Å². The van der Waals surface area contributed by atoms with Crippen molar-refractivity contribution in [3.8, 4) is 0 Å². The largest absolute Gasteiger partial charge is 0.472 e. The molecule has 0 aliphatic carbocycles. The number of nitrogens with one attached hydrogen (secondary N) is 1. The first-order chi connectivity index (χ1) is 17.9. The maximum atomic E-state index is 12.5. The number of allylic oxidation sites excluding steroid dienone is 1. The van der Waals surface area contributed by atoms with Crippen LogP contribution in [0.1, 0.15) is 129 Å². The van der Waals surface area contributed by atoms with Crippen LogP contribution in [0.5, 0.6) is 0 Å². The van der Waals surface area contributed by atoms with Gasteiger partial charge in [-0.3, -0.25) is 13.8 Å². The van der Waals surface area contributed by atoms with Crippen LogP contribution in [0.15, 0.2) is 12.2 Å². The maximum Gasteiger partial charge on any atom is 0.472 e. The molecule has 9 heteroatoms. The van der Waals surface area contributed by atoms with Gasteiger partial charge in [0.05, 0.1) is 25.4 Å². The molecule has 0 saturated carbocycles. The summed E-state index contributed by atoms with van der Waals surface area (Å²) in [4.78, 5) is 22.3. The van der Waals surface area contributed by atoms with Crippen molar-refractivity contribution < 1.29 is 28.4 Å². The summed E-state index contributed by atoms with van der Waals surface area (Å²) in [5.41, 5.74) is 5.31. The lowest BCUT2D eigenvalue weighted by Gasteiger charge is -2.23. The van der Waals surface area contributed by atoms with Crippen LogP contribution in [0.2, 0.25) is 0 Å². The zero-order valence-electron chi connectivity index (χ0n) is 23.7. The van der Waals surface area contributed by atoms with Crippen LogP contribution in [0.4, 0.5) is 0 Å². The number of phosphoric acid groups is 1. The van der Waals surface area contributed by atoms with Crippen molar-refractivity contribution in [3.63, 3.8) is 0 Å². The Morgan fingerprint density at radius 3 is 1.92 bits per heavy atom. The first kappa shape index (κ1) is 36.2. The van der Waals surface area contributed by atoms with Crippen LogP contribution in [0, 0.1) is 0 Å². The average molecular weight is 549 g/mol. The van der Waals surface area contributed by atoms with E-state index in [0.717, 1.165) is 38.5 Å². The number of carbonyl (C=O) groups excluding carboxylic acids is 1. The number of rotatable bonds is 27. The maximum absolute atomic E-state index is 12.5. The van der Waals surface area contributed by atoms with Crippen molar-refractivity contribution in [2.75, 3.05) is 19.8 Å². The van der Waals surface area contributed by atoms with Crippen molar-refractivity contribution in [2.24, 2.45) is 5.73 Å². The predicted molar refractivity (Wildman–Crippen MR) is 152 cm³/mol. The van der Waals surface area contributed by atoms with E-state index in [4.69, 9.17) is 14.8 Å². The molecule has 0 rings (SSSR count). The van der Waals surface area contributed by atoms with E-state index < -0.39 is 20.0 Å². The second kappa shape index (κ2) is 25.5. The molecular formula is C28H57N2O6P. The molecule has 0 radical (unpaired) electrons. The normalized spacial score (nSPS) is 15.1. The molecule has 0 aromatic carbocycles. The van der Waals surface area contributed by atoms with Crippen LogP contribution in [-0.4, -0.2) is 47.8 Å². The van der Waals surface area contributed by atoms with Gasteiger partial charge in [0.2, 0.25) is 5.91 Å². The zero-order chi connectivity index (χ0) is 27.6. The van der Waals surface area contributed by atoms with Crippen molar-refractivity contribution in [1.29, 1.82) is 0 Å². The molecule has 37 heavy (non-hydrogen) atoms. The van der Waals surface area contributed by atoms with Crippen LogP contribution in [0.25, 0.3) is 0 Å². The van der Waals surface area contributed by atoms with Crippen LogP contribution in [0.3, 0.4) is 0 Å². The molecule has 0 spiro atoms. The lowest BCUT2D eigenvalue weighted by molar-refractivity contribution is -0.123. The van der Waals surface area contributed by atoms with E-state index in [9.17, 15) is 19.4 Å². The number of phosphoric ester groups is 1. The summed E-state index contributed by atoms with van der Waals surface area (Å²) in [7, 11) is -4.31. The number of nitrogens with two attached hydrogens (primary N) is 1. The Balaban J connectivity index is 4.49. The summed E-state index contributed by atoms with van der Waals surface area (Å²) < 4.78 is 21.8. The van der Waals surface area contributed by atoms with E-state index in [-0.39, 0.29) is 25.7 Å². The minimum atomic E-state index is -4.31. The highest BCUT2D eigenvalue weighted by Crippen LogP contribution is 2.43. The highest BCUT2D eigenvalue weighted by molar-refractivity contribution is 7.47. The highest BCUT2D eigenvalue weighted by atomic mass is 31.2. The highest BCUT2D eigenvalue weighted by Gasteiger charge is 2.26. The van der Waals surface area contributed by atoms with Crippen LogP contribution >= 0.6 is 7.82 Å². The van der Waals surface area contributed by atoms with Gasteiger partial charge >= 0.3 is 7.82 Å². The number of unbranched alkanes of at least 4 members (excludes halogenated alkanes) is 15. The molecule has 0 heterocycles. The molecule has 5 N–H and O–H groups in total. The van der Waals surface area contributed by atoms with E-state index in [2.05, 4.69) is 19.2 Å². The van der Waals surface area contributed by atoms with E-state index in [1.54, 1.807) is 6.08 Å². The summed E-state index contributed by atoms with van der Waals surface area (Å²) in [5, 5.41) is 13.4. The topological polar surface area (TPSA) is 131 Å². The number of aliphatic hydroxyl groups is 1. The second-order valence-electron chi connectivity index (χ2n) is 9.97. The third kappa shape index (κ3) is 24.0. The SMILES string of the molecule is CCCCCCCCCCC/C=C/[C@@H](O)[C@H](COP(=O)(O)OCCN)NC(=O)CCCCCCCCC. The average Bonchev–Trinajstić information content (AvgIpc) is 2.87. The van der Waals surface area contributed by atoms with E-state index in [0.29, 0.717) is 6.42 Å². The Kier molecular flexibility index (Phi) is 25.0. The Labute approximate surface area is 226 Å². The molecule has 0 aliphatic rings. The molecule has 0 bridgehead atoms. The Morgan fingerprint density at radius 1 is 0.865 bits per heavy atom. The van der Waals surface area contributed by atoms with Crippen molar-refractivity contribution in [2.45, 2.75) is 142 Å². The number of hydrogen-bond donors (Lipinski definition) is 4. The van der Waals surface area contributed by atoms with Gasteiger partial charge in [0.25, 0.3) is 0 Å². The van der Waals surface area contributed by atoms with Gasteiger partial charge in [-0.2, -0.15) is 0 Å². The van der Waals surface area contributed by atoms with Gasteiger partial charge in [-0.25, -0.2) is 4.57 Å². The molecule has 0 saturated heterocycles. The fourth-order valence-corrected chi connectivity index (χ4v) is 4.83. The first-order valence-corrected chi connectivity index (χ1v) is 16.3.